The standard InChI is InChI=1S/C16H21N3O/c1-13-3-5-14(6-4-13)16-11-15(20-18-16)12-19-9-2-7-17-8-10-19/h3-6,11,17H,2,7-10,12H2,1H3. The van der Waals surface area contributed by atoms with Gasteiger partial charge in [-0.1, -0.05) is 35.0 Å². The molecule has 1 aromatic carbocycles. The van der Waals surface area contributed by atoms with Gasteiger partial charge in [0.2, 0.25) is 0 Å². The van der Waals surface area contributed by atoms with Gasteiger partial charge in [-0.3, -0.25) is 4.90 Å². The van der Waals surface area contributed by atoms with Crippen molar-refractivity contribution in [2.45, 2.75) is 19.9 Å². The second-order valence-electron chi connectivity index (χ2n) is 5.42. The van der Waals surface area contributed by atoms with Gasteiger partial charge in [0.15, 0.2) is 5.76 Å². The topological polar surface area (TPSA) is 41.3 Å². The maximum Gasteiger partial charge on any atom is 0.151 e. The molecule has 1 aromatic heterocycles. The van der Waals surface area contributed by atoms with Crippen LogP contribution in [-0.4, -0.2) is 36.2 Å². The molecule has 0 aliphatic carbocycles. The molecule has 0 saturated carbocycles. The predicted molar refractivity (Wildman–Crippen MR) is 79.4 cm³/mol. The Hall–Kier alpha value is -1.65. The molecule has 1 N–H and O–H groups in total. The molecule has 0 spiro atoms. The van der Waals surface area contributed by atoms with Crippen LogP contribution >= 0.6 is 0 Å². The largest absolute Gasteiger partial charge is 0.359 e. The molecule has 1 fully saturated rings. The third-order valence-electron chi connectivity index (χ3n) is 3.72. The summed E-state index contributed by atoms with van der Waals surface area (Å²) in [6.45, 7) is 7.29. The second-order valence-corrected chi connectivity index (χ2v) is 5.42. The van der Waals surface area contributed by atoms with Crippen LogP contribution in [-0.2, 0) is 6.54 Å². The van der Waals surface area contributed by atoms with Crippen molar-refractivity contribution in [3.05, 3.63) is 41.7 Å². The average Bonchev–Trinajstić information content (AvgIpc) is 2.76. The first kappa shape index (κ1) is 13.3. The third-order valence-corrected chi connectivity index (χ3v) is 3.72. The molecule has 4 nitrogen and oxygen atoms in total. The van der Waals surface area contributed by atoms with Crippen molar-refractivity contribution in [2.75, 3.05) is 26.2 Å². The molecule has 2 heterocycles. The number of aryl methyl sites for hydroxylation is 1. The Morgan fingerprint density at radius 3 is 2.90 bits per heavy atom. The van der Waals surface area contributed by atoms with E-state index in [1.54, 1.807) is 0 Å². The number of hydrogen-bond donors (Lipinski definition) is 1. The zero-order valence-electron chi connectivity index (χ0n) is 11.9. The first-order chi connectivity index (χ1) is 9.81. The number of benzene rings is 1. The van der Waals surface area contributed by atoms with Gasteiger partial charge in [-0.2, -0.15) is 0 Å². The van der Waals surface area contributed by atoms with E-state index >= 15 is 0 Å². The third kappa shape index (κ3) is 3.26. The first-order valence-corrected chi connectivity index (χ1v) is 7.27. The maximum absolute atomic E-state index is 5.48. The molecule has 0 amide bonds. The highest BCUT2D eigenvalue weighted by molar-refractivity contribution is 5.59. The van der Waals surface area contributed by atoms with Crippen LogP contribution in [0.3, 0.4) is 0 Å². The minimum atomic E-state index is 0.848. The van der Waals surface area contributed by atoms with E-state index in [1.807, 2.05) is 0 Å². The first-order valence-electron chi connectivity index (χ1n) is 7.27. The lowest BCUT2D eigenvalue weighted by molar-refractivity contribution is 0.244. The molecule has 1 saturated heterocycles. The Kier molecular flexibility index (Phi) is 4.14. The van der Waals surface area contributed by atoms with E-state index in [0.29, 0.717) is 0 Å². The Morgan fingerprint density at radius 1 is 1.20 bits per heavy atom. The highest BCUT2D eigenvalue weighted by Crippen LogP contribution is 2.20. The quantitative estimate of drug-likeness (QED) is 0.931. The summed E-state index contributed by atoms with van der Waals surface area (Å²) in [5, 5.41) is 7.60. The molecule has 4 heteroatoms. The molecule has 0 unspecified atom stereocenters. The Bertz CT molecular complexity index is 539. The summed E-state index contributed by atoms with van der Waals surface area (Å²) < 4.78 is 5.48. The molecule has 0 bridgehead atoms. The minimum absolute atomic E-state index is 0.848. The van der Waals surface area contributed by atoms with Crippen LogP contribution in [0.5, 0.6) is 0 Å². The molecule has 3 rings (SSSR count). The van der Waals surface area contributed by atoms with Crippen LogP contribution < -0.4 is 5.32 Å². The summed E-state index contributed by atoms with van der Waals surface area (Å²) in [6, 6.07) is 10.4. The van der Waals surface area contributed by atoms with E-state index in [2.05, 4.69) is 52.6 Å². The molecule has 0 radical (unpaired) electrons. The average molecular weight is 271 g/mol. The fraction of sp³-hybridized carbons (Fsp3) is 0.438. The van der Waals surface area contributed by atoms with Gasteiger partial charge in [-0.15, -0.1) is 0 Å². The summed E-state index contributed by atoms with van der Waals surface area (Å²) in [5.74, 6) is 0.947. The van der Waals surface area contributed by atoms with Gasteiger partial charge < -0.3 is 9.84 Å². The van der Waals surface area contributed by atoms with Crippen LogP contribution in [0.25, 0.3) is 11.3 Å². The number of hydrogen-bond acceptors (Lipinski definition) is 4. The number of nitrogens with zero attached hydrogens (tertiary/aromatic N) is 2. The van der Waals surface area contributed by atoms with Crippen LogP contribution in [0, 0.1) is 6.92 Å². The SMILES string of the molecule is Cc1ccc(-c2cc(CN3CCCNCC3)on2)cc1. The number of nitrogens with one attached hydrogen (secondary N) is 1. The Labute approximate surface area is 119 Å². The molecule has 106 valence electrons. The van der Waals surface area contributed by atoms with Gasteiger partial charge >= 0.3 is 0 Å². The highest BCUT2D eigenvalue weighted by atomic mass is 16.5. The van der Waals surface area contributed by atoms with E-state index in [-0.39, 0.29) is 0 Å². The highest BCUT2D eigenvalue weighted by Gasteiger charge is 2.13. The van der Waals surface area contributed by atoms with Crippen molar-refractivity contribution in [3.63, 3.8) is 0 Å². The maximum atomic E-state index is 5.48. The molecule has 2 aromatic rings. The van der Waals surface area contributed by atoms with Crippen molar-refractivity contribution in [1.82, 2.24) is 15.4 Å². The fourth-order valence-electron chi connectivity index (χ4n) is 2.53. The predicted octanol–water partition coefficient (Wildman–Crippen LogP) is 2.45. The van der Waals surface area contributed by atoms with Gasteiger partial charge in [0.25, 0.3) is 0 Å². The molecule has 1 aliphatic heterocycles. The summed E-state index contributed by atoms with van der Waals surface area (Å²) in [6.07, 6.45) is 1.19. The van der Waals surface area contributed by atoms with Crippen LogP contribution in [0.15, 0.2) is 34.9 Å². The lowest BCUT2D eigenvalue weighted by atomic mass is 10.1. The van der Waals surface area contributed by atoms with Crippen LogP contribution in [0.2, 0.25) is 0 Å². The molecular formula is C16H21N3O. The van der Waals surface area contributed by atoms with Gasteiger partial charge in [-0.25, -0.2) is 0 Å². The lowest BCUT2D eigenvalue weighted by Gasteiger charge is -2.16. The van der Waals surface area contributed by atoms with Crippen molar-refractivity contribution in [3.8, 4) is 11.3 Å². The Balaban J connectivity index is 1.68. The van der Waals surface area contributed by atoms with E-state index in [4.69, 9.17) is 4.52 Å². The summed E-state index contributed by atoms with van der Waals surface area (Å²) in [7, 11) is 0. The monoisotopic (exact) mass is 271 g/mol. The molecular weight excluding hydrogens is 250 g/mol. The van der Waals surface area contributed by atoms with Crippen molar-refractivity contribution in [1.29, 1.82) is 0 Å². The van der Waals surface area contributed by atoms with Crippen LogP contribution in [0.4, 0.5) is 0 Å². The van der Waals surface area contributed by atoms with Crippen molar-refractivity contribution >= 4 is 0 Å². The van der Waals surface area contributed by atoms with Crippen LogP contribution in [0.1, 0.15) is 17.7 Å². The van der Waals surface area contributed by atoms with Gasteiger partial charge in [-0.05, 0) is 26.4 Å². The summed E-state index contributed by atoms with van der Waals surface area (Å²) in [4.78, 5) is 2.42. The Morgan fingerprint density at radius 2 is 2.05 bits per heavy atom. The minimum Gasteiger partial charge on any atom is -0.359 e. The summed E-state index contributed by atoms with van der Waals surface area (Å²) >= 11 is 0. The lowest BCUT2D eigenvalue weighted by Crippen LogP contribution is -2.27. The van der Waals surface area contributed by atoms with E-state index in [0.717, 1.165) is 49.7 Å². The number of rotatable bonds is 3. The molecule has 0 atom stereocenters. The van der Waals surface area contributed by atoms with Crippen molar-refractivity contribution in [2.24, 2.45) is 0 Å². The van der Waals surface area contributed by atoms with Crippen molar-refractivity contribution < 1.29 is 4.52 Å². The van der Waals surface area contributed by atoms with E-state index < -0.39 is 0 Å². The zero-order chi connectivity index (χ0) is 13.8. The fourth-order valence-corrected chi connectivity index (χ4v) is 2.53. The van der Waals surface area contributed by atoms with E-state index in [9.17, 15) is 0 Å². The van der Waals surface area contributed by atoms with Gasteiger partial charge in [0.1, 0.15) is 5.69 Å². The van der Waals surface area contributed by atoms with E-state index in [1.165, 1.54) is 12.0 Å². The number of aromatic nitrogens is 1. The van der Waals surface area contributed by atoms with Gasteiger partial charge in [0, 0.05) is 24.7 Å². The smallest absolute Gasteiger partial charge is 0.151 e. The zero-order valence-corrected chi connectivity index (χ0v) is 11.9. The normalized spacial score (nSPS) is 17.1. The molecule has 1 aliphatic rings. The van der Waals surface area contributed by atoms with Gasteiger partial charge in [0.05, 0.1) is 6.54 Å². The molecule has 20 heavy (non-hydrogen) atoms. The second kappa shape index (κ2) is 6.20. The summed E-state index contributed by atoms with van der Waals surface area (Å²) in [5.41, 5.74) is 3.30.